The number of aromatic hydroxyl groups is 1. The largest absolute Gasteiger partial charge is 0.506 e. The molecule has 8 nitrogen and oxygen atoms in total. The molecular formula is C21H16ClF2N3O5S. The fraction of sp³-hybridized carbons (Fsp3) is 0.0476. The second-order valence-corrected chi connectivity index (χ2v) is 8.77. The van der Waals surface area contributed by atoms with Gasteiger partial charge in [-0.05, 0) is 48.5 Å². The molecule has 0 saturated carbocycles. The molecule has 3 aromatic rings. The minimum Gasteiger partial charge on any atom is -0.506 e. The molecule has 3 aromatic carbocycles. The third-order valence-corrected chi connectivity index (χ3v) is 5.83. The van der Waals surface area contributed by atoms with Crippen LogP contribution in [0.4, 0.5) is 20.2 Å². The van der Waals surface area contributed by atoms with Crippen LogP contribution in [0.25, 0.3) is 0 Å². The zero-order valence-electron chi connectivity index (χ0n) is 16.6. The third kappa shape index (κ3) is 6.18. The SMILES string of the molecule is O=C(CNC(=O)c1ccc(F)cc1F)Nc1cc(S(=O)(=O)Nc2cccc(Cl)c2)ccc1O. The van der Waals surface area contributed by atoms with Gasteiger partial charge in [0.2, 0.25) is 5.91 Å². The van der Waals surface area contributed by atoms with Crippen LogP contribution < -0.4 is 15.4 Å². The Morgan fingerprint density at radius 3 is 2.45 bits per heavy atom. The topological polar surface area (TPSA) is 125 Å². The molecule has 2 amide bonds. The number of anilines is 2. The second kappa shape index (κ2) is 9.84. The van der Waals surface area contributed by atoms with Crippen molar-refractivity contribution >= 4 is 44.8 Å². The Labute approximate surface area is 192 Å². The lowest BCUT2D eigenvalue weighted by Gasteiger charge is -2.12. The van der Waals surface area contributed by atoms with Gasteiger partial charge >= 0.3 is 0 Å². The maximum atomic E-state index is 13.7. The van der Waals surface area contributed by atoms with Crippen LogP contribution in [-0.2, 0) is 14.8 Å². The monoisotopic (exact) mass is 495 g/mol. The van der Waals surface area contributed by atoms with Crippen LogP contribution >= 0.6 is 11.6 Å². The van der Waals surface area contributed by atoms with E-state index < -0.39 is 51.3 Å². The number of phenols is 1. The van der Waals surface area contributed by atoms with Gasteiger partial charge in [0, 0.05) is 11.1 Å². The van der Waals surface area contributed by atoms with Gasteiger partial charge in [-0.2, -0.15) is 0 Å². The summed E-state index contributed by atoms with van der Waals surface area (Å²) < 4.78 is 54.2. The average molecular weight is 496 g/mol. The molecule has 12 heteroatoms. The summed E-state index contributed by atoms with van der Waals surface area (Å²) in [5.41, 5.74) is -0.500. The van der Waals surface area contributed by atoms with E-state index in [1.165, 1.54) is 12.1 Å². The number of carbonyl (C=O) groups is 2. The van der Waals surface area contributed by atoms with E-state index in [1.54, 1.807) is 12.1 Å². The van der Waals surface area contributed by atoms with Gasteiger partial charge in [-0.25, -0.2) is 17.2 Å². The highest BCUT2D eigenvalue weighted by Gasteiger charge is 2.18. The number of phenolic OH excluding ortho intramolecular Hbond substituents is 1. The van der Waals surface area contributed by atoms with E-state index in [4.69, 9.17) is 11.6 Å². The molecule has 0 aliphatic rings. The van der Waals surface area contributed by atoms with Crippen molar-refractivity contribution in [3.05, 3.63) is 82.9 Å². The highest BCUT2D eigenvalue weighted by atomic mass is 35.5. The molecule has 0 saturated heterocycles. The van der Waals surface area contributed by atoms with Gasteiger partial charge in [-0.3, -0.25) is 14.3 Å². The van der Waals surface area contributed by atoms with E-state index in [-0.39, 0.29) is 16.3 Å². The first-order valence-electron chi connectivity index (χ1n) is 9.19. The molecule has 0 aliphatic carbocycles. The minimum atomic E-state index is -4.09. The molecule has 3 rings (SSSR count). The lowest BCUT2D eigenvalue weighted by Crippen LogP contribution is -2.33. The summed E-state index contributed by atoms with van der Waals surface area (Å²) in [4.78, 5) is 23.9. The van der Waals surface area contributed by atoms with Gasteiger partial charge < -0.3 is 15.7 Å². The van der Waals surface area contributed by atoms with Crippen LogP contribution in [0.1, 0.15) is 10.4 Å². The van der Waals surface area contributed by atoms with Crippen LogP contribution in [0.3, 0.4) is 0 Å². The summed E-state index contributed by atoms with van der Waals surface area (Å²) in [6, 6.07) is 11.5. The summed E-state index contributed by atoms with van der Waals surface area (Å²) >= 11 is 5.85. The number of rotatable bonds is 7. The molecule has 4 N–H and O–H groups in total. The molecule has 0 fully saturated rings. The Hall–Kier alpha value is -3.70. The smallest absolute Gasteiger partial charge is 0.261 e. The van der Waals surface area contributed by atoms with Gasteiger partial charge in [0.05, 0.1) is 28.4 Å². The minimum absolute atomic E-state index is 0.205. The van der Waals surface area contributed by atoms with Crippen molar-refractivity contribution in [2.24, 2.45) is 0 Å². The van der Waals surface area contributed by atoms with Crippen LogP contribution in [0.2, 0.25) is 5.02 Å². The highest BCUT2D eigenvalue weighted by molar-refractivity contribution is 7.92. The van der Waals surface area contributed by atoms with Crippen molar-refractivity contribution in [2.75, 3.05) is 16.6 Å². The fourth-order valence-electron chi connectivity index (χ4n) is 2.67. The van der Waals surface area contributed by atoms with E-state index in [0.29, 0.717) is 11.1 Å². The van der Waals surface area contributed by atoms with Gasteiger partial charge in [0.25, 0.3) is 15.9 Å². The summed E-state index contributed by atoms with van der Waals surface area (Å²) in [6.07, 6.45) is 0. The number of nitrogens with one attached hydrogen (secondary N) is 3. The summed E-state index contributed by atoms with van der Waals surface area (Å²) in [5, 5.41) is 14.7. The molecule has 172 valence electrons. The van der Waals surface area contributed by atoms with Crippen molar-refractivity contribution in [1.29, 1.82) is 0 Å². The molecule has 0 radical (unpaired) electrons. The van der Waals surface area contributed by atoms with E-state index >= 15 is 0 Å². The standard InChI is InChI=1S/C21H16ClF2N3O5S/c22-12-2-1-3-14(8-12)27-33(31,32)15-5-7-19(28)18(10-15)26-20(29)11-25-21(30)16-6-4-13(23)9-17(16)24/h1-10,27-28H,11H2,(H,25,30)(H,26,29). The first-order valence-corrected chi connectivity index (χ1v) is 11.1. The van der Waals surface area contributed by atoms with Crippen molar-refractivity contribution < 1.29 is 31.9 Å². The molecule has 0 aliphatic heterocycles. The molecule has 0 bridgehead atoms. The predicted octanol–water partition coefficient (Wildman–Crippen LogP) is 3.49. The van der Waals surface area contributed by atoms with Crippen molar-refractivity contribution in [2.45, 2.75) is 4.90 Å². The van der Waals surface area contributed by atoms with Gasteiger partial charge in [0.15, 0.2) is 0 Å². The molecule has 0 heterocycles. The molecule has 0 spiro atoms. The summed E-state index contributed by atoms with van der Waals surface area (Å²) in [5.74, 6) is -4.19. The second-order valence-electron chi connectivity index (χ2n) is 6.65. The van der Waals surface area contributed by atoms with Crippen molar-refractivity contribution in [1.82, 2.24) is 5.32 Å². The highest BCUT2D eigenvalue weighted by Crippen LogP contribution is 2.28. The lowest BCUT2D eigenvalue weighted by atomic mass is 10.2. The quantitative estimate of drug-likeness (QED) is 0.373. The summed E-state index contributed by atoms with van der Waals surface area (Å²) in [7, 11) is -4.09. The number of hydrogen-bond acceptors (Lipinski definition) is 5. The first kappa shape index (κ1) is 24.0. The number of sulfonamides is 1. The Morgan fingerprint density at radius 2 is 1.76 bits per heavy atom. The predicted molar refractivity (Wildman–Crippen MR) is 118 cm³/mol. The summed E-state index contributed by atoms with van der Waals surface area (Å²) in [6.45, 7) is -0.632. The van der Waals surface area contributed by atoms with Gasteiger partial charge in [0.1, 0.15) is 17.4 Å². The number of carbonyl (C=O) groups excluding carboxylic acids is 2. The Balaban J connectivity index is 1.69. The van der Waals surface area contributed by atoms with E-state index in [2.05, 4.69) is 15.4 Å². The van der Waals surface area contributed by atoms with Crippen LogP contribution in [-0.4, -0.2) is 31.9 Å². The van der Waals surface area contributed by atoms with E-state index in [0.717, 1.165) is 30.3 Å². The zero-order valence-corrected chi connectivity index (χ0v) is 18.2. The van der Waals surface area contributed by atoms with E-state index in [9.17, 15) is 31.9 Å². The Bertz CT molecular complexity index is 1340. The van der Waals surface area contributed by atoms with Crippen LogP contribution in [0, 0.1) is 11.6 Å². The van der Waals surface area contributed by atoms with Crippen LogP contribution in [0.15, 0.2) is 65.6 Å². The van der Waals surface area contributed by atoms with Gasteiger partial charge in [-0.1, -0.05) is 17.7 Å². The maximum Gasteiger partial charge on any atom is 0.261 e. The van der Waals surface area contributed by atoms with Gasteiger partial charge in [-0.15, -0.1) is 0 Å². The fourth-order valence-corrected chi connectivity index (χ4v) is 3.94. The molecule has 0 unspecified atom stereocenters. The third-order valence-electron chi connectivity index (χ3n) is 4.21. The normalized spacial score (nSPS) is 11.0. The molecular weight excluding hydrogens is 480 g/mol. The maximum absolute atomic E-state index is 13.7. The first-order chi connectivity index (χ1) is 15.5. The molecule has 33 heavy (non-hydrogen) atoms. The zero-order chi connectivity index (χ0) is 24.2. The van der Waals surface area contributed by atoms with Crippen molar-refractivity contribution in [3.63, 3.8) is 0 Å². The molecule has 0 atom stereocenters. The number of hydrogen-bond donors (Lipinski definition) is 4. The van der Waals surface area contributed by atoms with Crippen LogP contribution in [0.5, 0.6) is 5.75 Å². The average Bonchev–Trinajstić information content (AvgIpc) is 2.73. The molecule has 0 aromatic heterocycles. The van der Waals surface area contributed by atoms with Crippen molar-refractivity contribution in [3.8, 4) is 5.75 Å². The lowest BCUT2D eigenvalue weighted by molar-refractivity contribution is -0.115. The Morgan fingerprint density at radius 1 is 1.00 bits per heavy atom. The number of amides is 2. The Kier molecular flexibility index (Phi) is 7.14. The number of halogens is 3. The number of benzene rings is 3. The van der Waals surface area contributed by atoms with E-state index in [1.807, 2.05) is 0 Å².